The fourth-order valence-electron chi connectivity index (χ4n) is 1.41. The van der Waals surface area contributed by atoms with Crippen LogP contribution in [0.3, 0.4) is 0 Å². The van der Waals surface area contributed by atoms with Crippen LogP contribution in [0.2, 0.25) is 0 Å². The van der Waals surface area contributed by atoms with Crippen molar-refractivity contribution in [2.24, 2.45) is 0 Å². The number of hydrogen-bond donors (Lipinski definition) is 0. The van der Waals surface area contributed by atoms with Crippen LogP contribution in [-0.4, -0.2) is 13.4 Å². The van der Waals surface area contributed by atoms with E-state index in [1.165, 1.54) is 0 Å². The smallest absolute Gasteiger partial charge is 0.350 e. The zero-order chi connectivity index (χ0) is 13.3. The van der Waals surface area contributed by atoms with Gasteiger partial charge in [0.25, 0.3) is 0 Å². The van der Waals surface area contributed by atoms with E-state index in [1.54, 1.807) is 32.0 Å². The number of aromatic nitrogens is 1. The van der Waals surface area contributed by atoms with Crippen molar-refractivity contribution in [3.8, 4) is 5.75 Å². The lowest BCUT2D eigenvalue weighted by Gasteiger charge is -2.07. The SMILES string of the molecule is Cc1nc(C)c(S(=O)(=O)Oc2ccccc2I)s1. The topological polar surface area (TPSA) is 56.3 Å². The molecule has 0 bridgehead atoms. The second-order valence-corrected chi connectivity index (χ2v) is 7.68. The molecular formula is C11H10INO3S2. The zero-order valence-electron chi connectivity index (χ0n) is 9.68. The van der Waals surface area contributed by atoms with Gasteiger partial charge in [-0.05, 0) is 48.6 Å². The number of aryl methyl sites for hydroxylation is 2. The van der Waals surface area contributed by atoms with E-state index in [0.29, 0.717) is 16.5 Å². The number of hydrogen-bond acceptors (Lipinski definition) is 5. The first-order valence-electron chi connectivity index (χ1n) is 5.03. The number of thiazole rings is 1. The molecule has 0 saturated carbocycles. The van der Waals surface area contributed by atoms with E-state index in [9.17, 15) is 8.42 Å². The molecular weight excluding hydrogens is 385 g/mol. The third kappa shape index (κ3) is 2.83. The normalized spacial score (nSPS) is 11.5. The van der Waals surface area contributed by atoms with Gasteiger partial charge in [0.2, 0.25) is 0 Å². The largest absolute Gasteiger partial charge is 0.377 e. The quantitative estimate of drug-likeness (QED) is 0.592. The van der Waals surface area contributed by atoms with Gasteiger partial charge >= 0.3 is 10.1 Å². The highest BCUT2D eigenvalue weighted by Gasteiger charge is 2.23. The summed E-state index contributed by atoms with van der Waals surface area (Å²) in [6.45, 7) is 3.43. The van der Waals surface area contributed by atoms with Crippen LogP contribution < -0.4 is 4.18 Å². The lowest BCUT2D eigenvalue weighted by Crippen LogP contribution is -2.10. The van der Waals surface area contributed by atoms with Crippen molar-refractivity contribution in [2.75, 3.05) is 0 Å². The van der Waals surface area contributed by atoms with Crippen molar-refractivity contribution < 1.29 is 12.6 Å². The van der Waals surface area contributed by atoms with Crippen LogP contribution >= 0.6 is 33.9 Å². The molecule has 1 aromatic heterocycles. The molecule has 0 aliphatic rings. The van der Waals surface area contributed by atoms with Crippen molar-refractivity contribution in [1.29, 1.82) is 0 Å². The summed E-state index contributed by atoms with van der Waals surface area (Å²) < 4.78 is 30.3. The van der Waals surface area contributed by atoms with Crippen molar-refractivity contribution in [2.45, 2.75) is 18.1 Å². The molecule has 1 aromatic carbocycles. The van der Waals surface area contributed by atoms with E-state index < -0.39 is 10.1 Å². The Kier molecular flexibility index (Phi) is 3.93. The maximum absolute atomic E-state index is 12.1. The maximum atomic E-state index is 12.1. The van der Waals surface area contributed by atoms with Crippen LogP contribution in [0.5, 0.6) is 5.75 Å². The number of benzene rings is 1. The average Bonchev–Trinajstić information content (AvgIpc) is 2.62. The Morgan fingerprint density at radius 2 is 1.94 bits per heavy atom. The molecule has 18 heavy (non-hydrogen) atoms. The number of rotatable bonds is 3. The van der Waals surface area contributed by atoms with Crippen LogP contribution in [0.25, 0.3) is 0 Å². The Morgan fingerprint density at radius 3 is 2.50 bits per heavy atom. The molecule has 0 atom stereocenters. The minimum absolute atomic E-state index is 0.166. The Hall–Kier alpha value is -0.670. The van der Waals surface area contributed by atoms with Crippen LogP contribution in [-0.2, 0) is 10.1 Å². The van der Waals surface area contributed by atoms with E-state index in [-0.39, 0.29) is 4.21 Å². The second kappa shape index (κ2) is 5.14. The molecule has 0 N–H and O–H groups in total. The Morgan fingerprint density at radius 1 is 1.28 bits per heavy atom. The third-order valence-corrected chi connectivity index (χ3v) is 5.89. The average molecular weight is 395 g/mol. The first-order valence-corrected chi connectivity index (χ1v) is 8.33. The molecule has 0 saturated heterocycles. The highest BCUT2D eigenvalue weighted by Crippen LogP contribution is 2.28. The van der Waals surface area contributed by atoms with Gasteiger partial charge in [-0.1, -0.05) is 12.1 Å². The van der Waals surface area contributed by atoms with Gasteiger partial charge in [0.1, 0.15) is 0 Å². The van der Waals surface area contributed by atoms with E-state index in [2.05, 4.69) is 4.98 Å². The maximum Gasteiger partial charge on any atom is 0.350 e. The first-order chi connectivity index (χ1) is 8.40. The molecule has 2 rings (SSSR count). The minimum atomic E-state index is -3.79. The van der Waals surface area contributed by atoms with E-state index in [0.717, 1.165) is 14.9 Å². The molecule has 1 heterocycles. The molecule has 0 aliphatic carbocycles. The van der Waals surface area contributed by atoms with E-state index in [4.69, 9.17) is 4.18 Å². The van der Waals surface area contributed by atoms with Crippen LogP contribution in [0.1, 0.15) is 10.7 Å². The second-order valence-electron chi connectivity index (χ2n) is 3.57. The highest BCUT2D eigenvalue weighted by atomic mass is 127. The summed E-state index contributed by atoms with van der Waals surface area (Å²) in [5, 5.41) is 0.706. The fourth-order valence-corrected chi connectivity index (χ4v) is 4.44. The Bertz CT molecular complexity index is 679. The molecule has 0 radical (unpaired) electrons. The van der Waals surface area contributed by atoms with Gasteiger partial charge in [0.15, 0.2) is 9.96 Å². The van der Waals surface area contributed by atoms with Crippen molar-refractivity contribution >= 4 is 44.0 Å². The Labute approximate surface area is 123 Å². The van der Waals surface area contributed by atoms with E-state index in [1.807, 2.05) is 28.7 Å². The predicted molar refractivity (Wildman–Crippen MR) is 78.6 cm³/mol. The lowest BCUT2D eigenvalue weighted by molar-refractivity contribution is 0.486. The number of para-hydroxylation sites is 1. The molecule has 4 nitrogen and oxygen atoms in total. The van der Waals surface area contributed by atoms with Gasteiger partial charge in [-0.25, -0.2) is 4.98 Å². The minimum Gasteiger partial charge on any atom is -0.377 e. The summed E-state index contributed by atoms with van der Waals surface area (Å²) in [4.78, 5) is 4.10. The zero-order valence-corrected chi connectivity index (χ0v) is 13.5. The summed E-state index contributed by atoms with van der Waals surface area (Å²) in [6.07, 6.45) is 0. The molecule has 0 amide bonds. The molecule has 0 fully saturated rings. The number of halogens is 1. The van der Waals surface area contributed by atoms with E-state index >= 15 is 0 Å². The molecule has 2 aromatic rings. The molecule has 0 unspecified atom stereocenters. The van der Waals surface area contributed by atoms with Gasteiger partial charge in [0.05, 0.1) is 14.3 Å². The van der Waals surface area contributed by atoms with Gasteiger partial charge in [-0.3, -0.25) is 0 Å². The molecule has 0 aliphatic heterocycles. The van der Waals surface area contributed by atoms with Crippen LogP contribution in [0, 0.1) is 17.4 Å². The highest BCUT2D eigenvalue weighted by molar-refractivity contribution is 14.1. The van der Waals surface area contributed by atoms with Crippen LogP contribution in [0.15, 0.2) is 28.5 Å². The van der Waals surface area contributed by atoms with Gasteiger partial charge in [-0.2, -0.15) is 8.42 Å². The monoisotopic (exact) mass is 395 g/mol. The van der Waals surface area contributed by atoms with Crippen molar-refractivity contribution in [3.63, 3.8) is 0 Å². The fraction of sp³-hybridized carbons (Fsp3) is 0.182. The molecule has 96 valence electrons. The van der Waals surface area contributed by atoms with Gasteiger partial charge in [0, 0.05) is 0 Å². The third-order valence-electron chi connectivity index (χ3n) is 2.12. The lowest BCUT2D eigenvalue weighted by atomic mass is 10.3. The first kappa shape index (κ1) is 13.8. The molecule has 0 spiro atoms. The van der Waals surface area contributed by atoms with Crippen LogP contribution in [0.4, 0.5) is 0 Å². The Balaban J connectivity index is 2.40. The summed E-state index contributed by atoms with van der Waals surface area (Å²) in [5.41, 5.74) is 0.475. The summed E-state index contributed by atoms with van der Waals surface area (Å²) in [7, 11) is -3.79. The summed E-state index contributed by atoms with van der Waals surface area (Å²) >= 11 is 3.15. The summed E-state index contributed by atoms with van der Waals surface area (Å²) in [5.74, 6) is 0.337. The summed E-state index contributed by atoms with van der Waals surface area (Å²) in [6, 6.07) is 6.97. The van der Waals surface area contributed by atoms with Crippen molar-refractivity contribution in [1.82, 2.24) is 4.98 Å². The van der Waals surface area contributed by atoms with Crippen molar-refractivity contribution in [3.05, 3.63) is 38.5 Å². The van der Waals surface area contributed by atoms with Gasteiger partial charge < -0.3 is 4.18 Å². The van der Waals surface area contributed by atoms with Gasteiger partial charge in [-0.15, -0.1) is 11.3 Å². The number of nitrogens with zero attached hydrogens (tertiary/aromatic N) is 1. The standard InChI is InChI=1S/C11H10INO3S2/c1-7-11(17-8(2)13-7)18(14,15)16-10-6-4-3-5-9(10)12/h3-6H,1-2H3. The predicted octanol–water partition coefficient (Wildman–Crippen LogP) is 3.13. The molecule has 7 heteroatoms.